The number of hydrogen-bond acceptors (Lipinski definition) is 8. The minimum Gasteiger partial charge on any atom is -0.465 e. The van der Waals surface area contributed by atoms with E-state index in [-0.39, 0.29) is 84.1 Å². The molecule has 0 bridgehead atoms. The molecule has 6 rings (SSSR count). The molecule has 0 unspecified atom stereocenters. The number of halogens is 8. The highest BCUT2D eigenvalue weighted by Crippen LogP contribution is 2.41. The number of sulfonamides is 1. The van der Waals surface area contributed by atoms with Gasteiger partial charge >= 0.3 is 24.4 Å². The quantitative estimate of drug-likeness (QED) is 0.118. The molecule has 59 heavy (non-hydrogen) atoms. The van der Waals surface area contributed by atoms with Crippen molar-refractivity contribution in [1.29, 1.82) is 0 Å². The van der Waals surface area contributed by atoms with Gasteiger partial charge in [-0.05, 0) is 84.3 Å². The number of piperidine rings is 1. The average molecular weight is 886 g/mol. The van der Waals surface area contributed by atoms with Crippen molar-refractivity contribution in [2.45, 2.75) is 43.1 Å². The highest BCUT2D eigenvalue weighted by molar-refractivity contribution is 7.92. The fraction of sp³-hybridized carbons (Fsp3) is 0.263. The zero-order chi connectivity index (χ0) is 42.7. The van der Waals surface area contributed by atoms with E-state index in [1.165, 1.54) is 59.6 Å². The zero-order valence-electron chi connectivity index (χ0n) is 30.2. The van der Waals surface area contributed by atoms with Gasteiger partial charge in [-0.2, -0.15) is 26.3 Å². The van der Waals surface area contributed by atoms with Crippen LogP contribution in [0.2, 0.25) is 5.02 Å². The van der Waals surface area contributed by atoms with E-state index in [4.69, 9.17) is 16.3 Å². The first-order valence-corrected chi connectivity index (χ1v) is 20.3. The van der Waals surface area contributed by atoms with Crippen molar-refractivity contribution >= 4 is 50.8 Å². The average Bonchev–Trinajstić information content (AvgIpc) is 3.69. The summed E-state index contributed by atoms with van der Waals surface area (Å²) in [6, 6.07) is 13.5. The number of pyridine rings is 1. The Balaban J connectivity index is 1.28. The monoisotopic (exact) mass is 885 g/mol. The number of nitrogens with one attached hydrogen (secondary N) is 1. The van der Waals surface area contributed by atoms with Crippen LogP contribution in [0, 0.1) is 11.7 Å². The number of nitrogens with zero attached hydrogens (tertiary/aromatic N) is 4. The standard InChI is InChI=1S/C38H31ClF7N5O6S2/c39-29-17-33(59(55,56)49-34-20-58-21-48-34)30(40)18-32(29)57-31-5-4-24(23-2-1-3-26(14-23)37(41,42)43)16-28(31)25-6-10-47-27(15-25)19-51(36(53)54)13-9-22-7-11-50(12-8-22)35(52)38(44,45)46/h1-6,10,14-18,20-22,49H,7-9,11-13,19H2,(H,53,54). The number of carboxylic acid groups (broad SMARTS) is 1. The van der Waals surface area contributed by atoms with Crippen LogP contribution in [0.1, 0.15) is 30.5 Å². The Bertz CT molecular complexity index is 2450. The van der Waals surface area contributed by atoms with E-state index in [0.717, 1.165) is 45.4 Å². The summed E-state index contributed by atoms with van der Waals surface area (Å²) in [6.07, 6.45) is -8.76. The predicted octanol–water partition coefficient (Wildman–Crippen LogP) is 9.95. The molecule has 0 radical (unpaired) electrons. The summed E-state index contributed by atoms with van der Waals surface area (Å²) in [5.74, 6) is -3.64. The fourth-order valence-corrected chi connectivity index (χ4v) is 8.29. The molecule has 0 aliphatic carbocycles. The molecule has 0 atom stereocenters. The summed E-state index contributed by atoms with van der Waals surface area (Å²) in [6.45, 7) is -0.474. The summed E-state index contributed by atoms with van der Waals surface area (Å²) in [5.41, 5.74) is 1.75. The van der Waals surface area contributed by atoms with Gasteiger partial charge in [0.1, 0.15) is 22.2 Å². The second-order valence-electron chi connectivity index (χ2n) is 13.3. The number of likely N-dealkylation sites (tertiary alicyclic amines) is 1. The van der Waals surface area contributed by atoms with Crippen molar-refractivity contribution in [3.63, 3.8) is 0 Å². The molecule has 0 saturated carbocycles. The van der Waals surface area contributed by atoms with E-state index < -0.39 is 50.7 Å². The number of anilines is 1. The van der Waals surface area contributed by atoms with Crippen LogP contribution in [-0.4, -0.2) is 71.1 Å². The van der Waals surface area contributed by atoms with Crippen molar-refractivity contribution in [1.82, 2.24) is 19.8 Å². The van der Waals surface area contributed by atoms with Gasteiger partial charge in [-0.3, -0.25) is 14.5 Å². The first kappa shape index (κ1) is 43.1. The summed E-state index contributed by atoms with van der Waals surface area (Å²) < 4.78 is 129. The van der Waals surface area contributed by atoms with E-state index in [0.29, 0.717) is 17.5 Å². The molecule has 11 nitrogen and oxygen atoms in total. The number of aromatic nitrogens is 2. The summed E-state index contributed by atoms with van der Waals surface area (Å²) >= 11 is 7.53. The second-order valence-corrected chi connectivity index (χ2v) is 16.1. The Morgan fingerprint density at radius 3 is 2.34 bits per heavy atom. The number of alkyl halides is 6. The Labute approximate surface area is 341 Å². The highest BCUT2D eigenvalue weighted by Gasteiger charge is 2.43. The lowest BCUT2D eigenvalue weighted by Crippen LogP contribution is -2.45. The van der Waals surface area contributed by atoms with Gasteiger partial charge in [-0.1, -0.05) is 29.8 Å². The number of carbonyl (C=O) groups excluding carboxylic acids is 1. The van der Waals surface area contributed by atoms with Crippen LogP contribution in [-0.2, 0) is 27.5 Å². The van der Waals surface area contributed by atoms with Crippen LogP contribution in [0.3, 0.4) is 0 Å². The number of carbonyl (C=O) groups is 2. The SMILES string of the molecule is O=C(O)N(CCC1CCN(C(=O)C(F)(F)F)CC1)Cc1cc(-c2cc(-c3cccc(C(F)(F)F)c3)ccc2Oc2cc(F)c(S(=O)(=O)Nc3cscn3)cc2Cl)ccn1. The maximum Gasteiger partial charge on any atom is 0.471 e. The first-order valence-electron chi connectivity index (χ1n) is 17.5. The van der Waals surface area contributed by atoms with Gasteiger partial charge in [-0.15, -0.1) is 11.3 Å². The fourth-order valence-electron chi connectivity index (χ4n) is 6.38. The summed E-state index contributed by atoms with van der Waals surface area (Å²) in [4.78, 5) is 33.0. The molecular formula is C38H31ClF7N5O6S2. The van der Waals surface area contributed by atoms with Gasteiger partial charge < -0.3 is 19.6 Å². The molecule has 21 heteroatoms. The van der Waals surface area contributed by atoms with Crippen LogP contribution >= 0.6 is 22.9 Å². The van der Waals surface area contributed by atoms with E-state index in [2.05, 4.69) is 14.7 Å². The van der Waals surface area contributed by atoms with E-state index >= 15 is 4.39 Å². The van der Waals surface area contributed by atoms with Crippen LogP contribution < -0.4 is 9.46 Å². The molecule has 1 saturated heterocycles. The smallest absolute Gasteiger partial charge is 0.465 e. The van der Waals surface area contributed by atoms with Crippen molar-refractivity contribution in [3.05, 3.63) is 106 Å². The predicted molar refractivity (Wildman–Crippen MR) is 203 cm³/mol. The first-order chi connectivity index (χ1) is 27.8. The summed E-state index contributed by atoms with van der Waals surface area (Å²) in [7, 11) is -4.47. The minimum absolute atomic E-state index is 0.000758. The van der Waals surface area contributed by atoms with Gasteiger partial charge in [0.05, 0.1) is 28.3 Å². The molecule has 5 aromatic rings. The third-order valence-electron chi connectivity index (χ3n) is 9.37. The topological polar surface area (TPSA) is 142 Å². The van der Waals surface area contributed by atoms with Crippen molar-refractivity contribution in [2.75, 3.05) is 24.4 Å². The van der Waals surface area contributed by atoms with E-state index in [1.54, 1.807) is 0 Å². The lowest BCUT2D eigenvalue weighted by Gasteiger charge is -2.33. The lowest BCUT2D eigenvalue weighted by molar-refractivity contribution is -0.186. The molecule has 0 spiro atoms. The molecule has 1 aliphatic heterocycles. The number of amides is 2. The lowest BCUT2D eigenvalue weighted by atomic mass is 9.93. The maximum absolute atomic E-state index is 15.4. The number of hydrogen-bond donors (Lipinski definition) is 2. The van der Waals surface area contributed by atoms with Gasteiger partial charge in [0, 0.05) is 42.8 Å². The van der Waals surface area contributed by atoms with Crippen molar-refractivity contribution in [3.8, 4) is 33.8 Å². The van der Waals surface area contributed by atoms with Gasteiger partial charge in [0.15, 0.2) is 5.82 Å². The largest absolute Gasteiger partial charge is 0.471 e. The number of ether oxygens (including phenoxy) is 1. The zero-order valence-corrected chi connectivity index (χ0v) is 32.6. The molecule has 3 aromatic carbocycles. The Morgan fingerprint density at radius 1 is 0.949 bits per heavy atom. The van der Waals surface area contributed by atoms with Crippen LogP contribution in [0.5, 0.6) is 11.5 Å². The third kappa shape index (κ3) is 10.6. The molecule has 1 fully saturated rings. The second kappa shape index (κ2) is 17.4. The minimum atomic E-state index is -4.98. The Hall–Kier alpha value is -5.47. The van der Waals surface area contributed by atoms with Crippen molar-refractivity contribution < 1.29 is 58.6 Å². The molecule has 2 aromatic heterocycles. The Kier molecular flexibility index (Phi) is 12.7. The summed E-state index contributed by atoms with van der Waals surface area (Å²) in [5, 5.41) is 11.1. The van der Waals surface area contributed by atoms with Crippen LogP contribution in [0.4, 0.5) is 41.3 Å². The van der Waals surface area contributed by atoms with Gasteiger partial charge in [-0.25, -0.2) is 22.6 Å². The Morgan fingerprint density at radius 2 is 1.68 bits per heavy atom. The maximum atomic E-state index is 15.4. The molecule has 2 N–H and O–H groups in total. The van der Waals surface area contributed by atoms with E-state index in [1.807, 2.05) is 0 Å². The van der Waals surface area contributed by atoms with Gasteiger partial charge in [0.25, 0.3) is 10.0 Å². The van der Waals surface area contributed by atoms with Crippen LogP contribution in [0.25, 0.3) is 22.3 Å². The number of benzene rings is 3. The third-order valence-corrected chi connectivity index (χ3v) is 11.6. The number of rotatable bonds is 12. The molecule has 1 aliphatic rings. The van der Waals surface area contributed by atoms with Gasteiger partial charge in [0.2, 0.25) is 0 Å². The molecule has 312 valence electrons. The molecule has 3 heterocycles. The molecular weight excluding hydrogens is 855 g/mol. The van der Waals surface area contributed by atoms with Crippen molar-refractivity contribution in [2.24, 2.45) is 5.92 Å². The van der Waals surface area contributed by atoms with E-state index in [9.17, 15) is 49.5 Å². The number of thiazole rings is 1. The normalized spacial score (nSPS) is 13.9. The highest BCUT2D eigenvalue weighted by atomic mass is 35.5. The molecule has 2 amide bonds. The van der Waals surface area contributed by atoms with Crippen LogP contribution in [0.15, 0.2) is 88.7 Å².